The number of nitriles is 1. The monoisotopic (exact) mass is 419 g/mol. The van der Waals surface area contributed by atoms with E-state index in [1.807, 2.05) is 24.3 Å². The lowest BCUT2D eigenvalue weighted by atomic mass is 10.1. The van der Waals surface area contributed by atoms with Crippen LogP contribution in [-0.2, 0) is 0 Å². The largest absolute Gasteiger partial charge is 0.454 e. The van der Waals surface area contributed by atoms with Crippen LogP contribution >= 0.6 is 12.2 Å². The van der Waals surface area contributed by atoms with Crippen molar-refractivity contribution in [2.75, 3.05) is 30.5 Å². The maximum atomic E-state index is 9.50. The second kappa shape index (κ2) is 8.43. The summed E-state index contributed by atoms with van der Waals surface area (Å²) in [6.07, 6.45) is 0. The smallest absolute Gasteiger partial charge is 0.231 e. The second-order valence-electron chi connectivity index (χ2n) is 6.95. The number of benzene rings is 2. The molecule has 2 heterocycles. The van der Waals surface area contributed by atoms with Crippen molar-refractivity contribution in [2.45, 2.75) is 13.8 Å². The molecule has 0 amide bonds. The van der Waals surface area contributed by atoms with Crippen LogP contribution in [0.1, 0.15) is 16.7 Å². The van der Waals surface area contributed by atoms with Gasteiger partial charge in [0.15, 0.2) is 16.6 Å². The minimum atomic E-state index is 0.198. The predicted octanol–water partition coefficient (Wildman–Crippen LogP) is 3.85. The van der Waals surface area contributed by atoms with Crippen LogP contribution in [-0.4, -0.2) is 30.0 Å². The van der Waals surface area contributed by atoms with Crippen molar-refractivity contribution in [2.24, 2.45) is 0 Å². The van der Waals surface area contributed by atoms with Crippen LogP contribution in [0.25, 0.3) is 10.9 Å². The summed E-state index contributed by atoms with van der Waals surface area (Å²) in [7, 11) is 0. The number of nitrogens with one attached hydrogen (secondary N) is 3. The van der Waals surface area contributed by atoms with Crippen LogP contribution in [0.15, 0.2) is 36.4 Å². The van der Waals surface area contributed by atoms with Gasteiger partial charge in [0, 0.05) is 30.2 Å². The Hall–Kier alpha value is -3.57. The number of pyridine rings is 1. The molecular weight excluding hydrogens is 398 g/mol. The van der Waals surface area contributed by atoms with Gasteiger partial charge in [-0.25, -0.2) is 4.98 Å². The van der Waals surface area contributed by atoms with Crippen molar-refractivity contribution >= 4 is 39.7 Å². The van der Waals surface area contributed by atoms with Gasteiger partial charge in [-0.1, -0.05) is 12.1 Å². The zero-order valence-corrected chi connectivity index (χ0v) is 17.5. The van der Waals surface area contributed by atoms with E-state index in [2.05, 4.69) is 46.9 Å². The maximum Gasteiger partial charge on any atom is 0.231 e. The van der Waals surface area contributed by atoms with Crippen LogP contribution in [0.3, 0.4) is 0 Å². The number of aromatic nitrogens is 1. The first-order valence-corrected chi connectivity index (χ1v) is 9.95. The Morgan fingerprint density at radius 1 is 1.17 bits per heavy atom. The Morgan fingerprint density at radius 2 is 1.97 bits per heavy atom. The summed E-state index contributed by atoms with van der Waals surface area (Å²) in [6, 6.07) is 13.7. The minimum absolute atomic E-state index is 0.198. The summed E-state index contributed by atoms with van der Waals surface area (Å²) < 4.78 is 10.8. The van der Waals surface area contributed by atoms with E-state index in [1.54, 1.807) is 6.07 Å². The standard InChI is InChI=1S/C22H21N5O2S/c1-13-4-3-5-17(14(13)2)27-22(30)25-7-6-24-21-16(11-23)8-15-9-19-20(29-12-28-19)10-18(15)26-21/h3-5,8-10H,6-7,12H2,1-2H3,(H,24,26)(H2,25,27,30). The first-order chi connectivity index (χ1) is 14.5. The molecule has 1 aromatic heterocycles. The zero-order chi connectivity index (χ0) is 21.1. The summed E-state index contributed by atoms with van der Waals surface area (Å²) in [5.41, 5.74) is 4.57. The summed E-state index contributed by atoms with van der Waals surface area (Å²) >= 11 is 5.38. The van der Waals surface area contributed by atoms with E-state index < -0.39 is 0 Å². The van der Waals surface area contributed by atoms with Gasteiger partial charge in [-0.15, -0.1) is 0 Å². The molecule has 1 aliphatic heterocycles. The van der Waals surface area contributed by atoms with Gasteiger partial charge in [0.05, 0.1) is 11.1 Å². The quantitative estimate of drug-likeness (QED) is 0.424. The molecule has 0 saturated carbocycles. The highest BCUT2D eigenvalue weighted by molar-refractivity contribution is 7.80. The van der Waals surface area contributed by atoms with Crippen LogP contribution in [0.4, 0.5) is 11.5 Å². The molecule has 0 radical (unpaired) electrons. The molecule has 0 fully saturated rings. The van der Waals surface area contributed by atoms with Gasteiger partial charge in [-0.05, 0) is 55.4 Å². The highest BCUT2D eigenvalue weighted by Crippen LogP contribution is 2.36. The lowest BCUT2D eigenvalue weighted by Gasteiger charge is -2.14. The lowest BCUT2D eigenvalue weighted by molar-refractivity contribution is 0.174. The molecule has 30 heavy (non-hydrogen) atoms. The van der Waals surface area contributed by atoms with Crippen LogP contribution < -0.4 is 25.4 Å². The predicted molar refractivity (Wildman–Crippen MR) is 121 cm³/mol. The van der Waals surface area contributed by atoms with E-state index in [9.17, 15) is 5.26 Å². The number of anilines is 2. The second-order valence-corrected chi connectivity index (χ2v) is 7.36. The molecule has 3 aromatic rings. The van der Waals surface area contributed by atoms with Gasteiger partial charge >= 0.3 is 0 Å². The number of thiocarbonyl (C=S) groups is 1. The van der Waals surface area contributed by atoms with Gasteiger partial charge in [0.2, 0.25) is 6.79 Å². The van der Waals surface area contributed by atoms with Gasteiger partial charge in [0.1, 0.15) is 11.9 Å². The number of ether oxygens (including phenoxy) is 2. The van der Waals surface area contributed by atoms with Gasteiger partial charge in [0.25, 0.3) is 0 Å². The SMILES string of the molecule is Cc1cccc(NC(=S)NCCNc2nc3cc4c(cc3cc2C#N)OCO4)c1C. The van der Waals surface area contributed by atoms with E-state index in [1.165, 1.54) is 11.1 Å². The van der Waals surface area contributed by atoms with Crippen molar-refractivity contribution in [3.8, 4) is 17.6 Å². The van der Waals surface area contributed by atoms with Crippen LogP contribution in [0.2, 0.25) is 0 Å². The van der Waals surface area contributed by atoms with Crippen molar-refractivity contribution in [1.29, 1.82) is 5.26 Å². The Kier molecular flexibility index (Phi) is 5.55. The van der Waals surface area contributed by atoms with E-state index in [4.69, 9.17) is 21.7 Å². The van der Waals surface area contributed by atoms with E-state index in [0.29, 0.717) is 41.1 Å². The molecule has 0 unspecified atom stereocenters. The number of hydrogen-bond acceptors (Lipinski definition) is 6. The van der Waals surface area contributed by atoms with E-state index in [-0.39, 0.29) is 6.79 Å². The van der Waals surface area contributed by atoms with Gasteiger partial charge in [-0.2, -0.15) is 5.26 Å². The molecule has 152 valence electrons. The number of rotatable bonds is 5. The summed E-state index contributed by atoms with van der Waals surface area (Å²) in [6.45, 7) is 5.44. The van der Waals surface area contributed by atoms with Crippen molar-refractivity contribution in [1.82, 2.24) is 10.3 Å². The highest BCUT2D eigenvalue weighted by Gasteiger charge is 2.16. The Bertz CT molecular complexity index is 1170. The Balaban J connectivity index is 1.37. The van der Waals surface area contributed by atoms with E-state index >= 15 is 0 Å². The molecular formula is C22H21N5O2S. The Morgan fingerprint density at radius 3 is 2.77 bits per heavy atom. The number of nitrogens with zero attached hydrogens (tertiary/aromatic N) is 2. The van der Waals surface area contributed by atoms with Crippen molar-refractivity contribution in [3.63, 3.8) is 0 Å². The topological polar surface area (TPSA) is 91.2 Å². The molecule has 8 heteroatoms. The molecule has 7 nitrogen and oxygen atoms in total. The van der Waals surface area contributed by atoms with Crippen molar-refractivity contribution in [3.05, 3.63) is 53.1 Å². The van der Waals surface area contributed by atoms with Crippen LogP contribution in [0, 0.1) is 25.2 Å². The third-order valence-corrected chi connectivity index (χ3v) is 5.23. The average molecular weight is 420 g/mol. The normalized spacial score (nSPS) is 11.8. The fourth-order valence-electron chi connectivity index (χ4n) is 3.19. The van der Waals surface area contributed by atoms with Gasteiger partial charge < -0.3 is 25.4 Å². The first kappa shape index (κ1) is 19.7. The molecule has 0 atom stereocenters. The first-order valence-electron chi connectivity index (χ1n) is 9.54. The molecule has 4 rings (SSSR count). The average Bonchev–Trinajstić information content (AvgIpc) is 3.19. The molecule has 3 N–H and O–H groups in total. The lowest BCUT2D eigenvalue weighted by Crippen LogP contribution is -2.32. The third-order valence-electron chi connectivity index (χ3n) is 4.99. The minimum Gasteiger partial charge on any atom is -0.454 e. The molecule has 0 aliphatic carbocycles. The van der Waals surface area contributed by atoms with E-state index in [0.717, 1.165) is 16.6 Å². The molecule has 2 aromatic carbocycles. The summed E-state index contributed by atoms with van der Waals surface area (Å²) in [5.74, 6) is 1.86. The Labute approximate surface area is 180 Å². The molecule has 0 saturated heterocycles. The van der Waals surface area contributed by atoms with Crippen molar-refractivity contribution < 1.29 is 9.47 Å². The maximum absolute atomic E-state index is 9.50. The highest BCUT2D eigenvalue weighted by atomic mass is 32.1. The number of hydrogen-bond donors (Lipinski definition) is 3. The summed E-state index contributed by atoms with van der Waals surface area (Å²) in [5, 5.41) is 20.5. The number of fused-ring (bicyclic) bond motifs is 2. The molecule has 0 bridgehead atoms. The number of aryl methyl sites for hydroxylation is 1. The van der Waals surface area contributed by atoms with Gasteiger partial charge in [-0.3, -0.25) is 0 Å². The summed E-state index contributed by atoms with van der Waals surface area (Å²) in [4.78, 5) is 4.58. The fourth-order valence-corrected chi connectivity index (χ4v) is 3.41. The molecule has 1 aliphatic rings. The third kappa shape index (κ3) is 4.07. The van der Waals surface area contributed by atoms with Crippen LogP contribution in [0.5, 0.6) is 11.5 Å². The fraction of sp³-hybridized carbons (Fsp3) is 0.227. The molecule has 0 spiro atoms. The zero-order valence-electron chi connectivity index (χ0n) is 16.7.